The topological polar surface area (TPSA) is 62.3 Å². The van der Waals surface area contributed by atoms with Crippen molar-refractivity contribution in [1.29, 1.82) is 0 Å². The molecule has 5 heteroatoms. The highest BCUT2D eigenvalue weighted by Gasteiger charge is 2.14. The number of aromatic carboxylic acids is 1. The summed E-state index contributed by atoms with van der Waals surface area (Å²) in [4.78, 5) is 13.4. The molecule has 0 bridgehead atoms. The molecule has 0 aliphatic carbocycles. The van der Waals surface area contributed by atoms with Gasteiger partial charge in [0.05, 0.1) is 0 Å². The maximum Gasteiger partial charge on any atom is 0.341 e. The van der Waals surface area contributed by atoms with Gasteiger partial charge in [-0.3, -0.25) is 0 Å². The van der Waals surface area contributed by atoms with Crippen LogP contribution in [0.3, 0.4) is 0 Å². The summed E-state index contributed by atoms with van der Waals surface area (Å²) in [6.45, 7) is 0. The highest BCUT2D eigenvalue weighted by molar-refractivity contribution is 5.90. The van der Waals surface area contributed by atoms with E-state index in [0.29, 0.717) is 0 Å². The Hall–Kier alpha value is -2.30. The molecule has 0 atom stereocenters. The van der Waals surface area contributed by atoms with Gasteiger partial charge in [-0.05, 0) is 18.2 Å². The van der Waals surface area contributed by atoms with E-state index >= 15 is 0 Å². The lowest BCUT2D eigenvalue weighted by Gasteiger charge is -2.05. The van der Waals surface area contributed by atoms with Gasteiger partial charge in [-0.2, -0.15) is 0 Å². The van der Waals surface area contributed by atoms with Crippen molar-refractivity contribution < 1.29 is 19.0 Å². The lowest BCUT2D eigenvalue weighted by Crippen LogP contribution is -1.98. The summed E-state index contributed by atoms with van der Waals surface area (Å²) in [5, 5.41) is 8.81. The molecule has 0 saturated heterocycles. The number of rotatable bonds is 3. The van der Waals surface area contributed by atoms with Gasteiger partial charge in [0.25, 0.3) is 0 Å². The van der Waals surface area contributed by atoms with Gasteiger partial charge in [-0.25, -0.2) is 9.18 Å². The minimum atomic E-state index is -1.13. The van der Waals surface area contributed by atoms with E-state index in [4.69, 9.17) is 9.84 Å². The Labute approximate surface area is 90.3 Å². The van der Waals surface area contributed by atoms with Crippen LogP contribution in [0.1, 0.15) is 10.4 Å². The molecular formula is C11H8FNO3. The summed E-state index contributed by atoms with van der Waals surface area (Å²) in [7, 11) is 0. The van der Waals surface area contributed by atoms with Crippen LogP contribution < -0.4 is 4.74 Å². The fourth-order valence-corrected chi connectivity index (χ4v) is 1.24. The van der Waals surface area contributed by atoms with Crippen molar-refractivity contribution >= 4 is 5.97 Å². The quantitative estimate of drug-likeness (QED) is 0.837. The highest BCUT2D eigenvalue weighted by atomic mass is 19.1. The Morgan fingerprint density at radius 3 is 2.75 bits per heavy atom. The van der Waals surface area contributed by atoms with Crippen LogP contribution >= 0.6 is 0 Å². The van der Waals surface area contributed by atoms with E-state index in [1.54, 1.807) is 6.07 Å². The van der Waals surface area contributed by atoms with Gasteiger partial charge in [0.1, 0.15) is 5.56 Å². The Morgan fingerprint density at radius 2 is 2.06 bits per heavy atom. The molecule has 2 rings (SSSR count). The number of halogens is 1. The molecule has 1 aromatic heterocycles. The summed E-state index contributed by atoms with van der Waals surface area (Å²) in [5.74, 6) is -1.69. The van der Waals surface area contributed by atoms with Gasteiger partial charge < -0.3 is 14.8 Å². The average molecular weight is 221 g/mol. The molecule has 0 saturated carbocycles. The van der Waals surface area contributed by atoms with E-state index in [1.165, 1.54) is 30.5 Å². The van der Waals surface area contributed by atoms with Crippen LogP contribution in [-0.2, 0) is 0 Å². The summed E-state index contributed by atoms with van der Waals surface area (Å²) < 4.78 is 18.4. The maximum atomic E-state index is 13.2. The molecule has 2 aromatic rings. The smallest absolute Gasteiger partial charge is 0.341 e. The molecule has 0 fully saturated rings. The Morgan fingerprint density at radius 1 is 1.31 bits per heavy atom. The molecular weight excluding hydrogens is 213 g/mol. The first-order chi connectivity index (χ1) is 7.68. The molecule has 4 nitrogen and oxygen atoms in total. The fraction of sp³-hybridized carbons (Fsp3) is 0. The van der Waals surface area contributed by atoms with Gasteiger partial charge in [0.2, 0.25) is 5.88 Å². The normalized spacial score (nSPS) is 10.1. The molecule has 0 unspecified atom stereocenters. The molecule has 16 heavy (non-hydrogen) atoms. The number of nitrogens with one attached hydrogen (secondary N) is 1. The van der Waals surface area contributed by atoms with Crippen LogP contribution in [-0.4, -0.2) is 16.1 Å². The molecule has 0 spiro atoms. The van der Waals surface area contributed by atoms with Crippen molar-refractivity contribution in [3.05, 3.63) is 47.9 Å². The first-order valence-electron chi connectivity index (χ1n) is 4.51. The largest absolute Gasteiger partial charge is 0.477 e. The van der Waals surface area contributed by atoms with Crippen molar-refractivity contribution in [2.24, 2.45) is 0 Å². The van der Waals surface area contributed by atoms with Crippen molar-refractivity contribution in [1.82, 2.24) is 4.98 Å². The van der Waals surface area contributed by atoms with Crippen LogP contribution in [0, 0.1) is 5.82 Å². The number of aromatic amines is 1. The third-order valence-corrected chi connectivity index (χ3v) is 1.99. The minimum Gasteiger partial charge on any atom is -0.477 e. The number of carbonyl (C=O) groups is 1. The highest BCUT2D eigenvalue weighted by Crippen LogP contribution is 2.25. The van der Waals surface area contributed by atoms with E-state index in [2.05, 4.69) is 4.98 Å². The van der Waals surface area contributed by atoms with E-state index in [1.807, 2.05) is 0 Å². The Kier molecular flexibility index (Phi) is 2.59. The molecule has 1 aromatic carbocycles. The molecule has 1 heterocycles. The van der Waals surface area contributed by atoms with Crippen molar-refractivity contribution in [2.75, 3.05) is 0 Å². The summed E-state index contributed by atoms with van der Waals surface area (Å²) >= 11 is 0. The van der Waals surface area contributed by atoms with Crippen molar-refractivity contribution in [3.8, 4) is 11.6 Å². The molecule has 2 N–H and O–H groups in total. The number of H-pyrrole nitrogens is 1. The summed E-state index contributed by atoms with van der Waals surface area (Å²) in [5.41, 5.74) is -0.0387. The maximum absolute atomic E-state index is 13.2. The lowest BCUT2D eigenvalue weighted by atomic mass is 10.3. The monoisotopic (exact) mass is 221 g/mol. The van der Waals surface area contributed by atoms with Gasteiger partial charge >= 0.3 is 5.97 Å². The van der Waals surface area contributed by atoms with Crippen LogP contribution in [0.4, 0.5) is 4.39 Å². The molecule has 0 radical (unpaired) electrons. The third kappa shape index (κ3) is 1.88. The van der Waals surface area contributed by atoms with Crippen molar-refractivity contribution in [2.45, 2.75) is 0 Å². The zero-order valence-electron chi connectivity index (χ0n) is 8.11. The van der Waals surface area contributed by atoms with Gasteiger partial charge in [-0.15, -0.1) is 0 Å². The molecule has 0 aliphatic heterocycles. The first-order valence-corrected chi connectivity index (χ1v) is 4.51. The van der Waals surface area contributed by atoms with Crippen LogP contribution in [0.15, 0.2) is 36.5 Å². The van der Waals surface area contributed by atoms with Crippen molar-refractivity contribution in [3.63, 3.8) is 0 Å². The second-order valence-corrected chi connectivity index (χ2v) is 3.06. The SMILES string of the molecule is O=C(O)c1cc[nH]c1Oc1ccccc1F. The predicted octanol–water partition coefficient (Wildman–Crippen LogP) is 2.64. The number of para-hydroxylation sites is 1. The van der Waals surface area contributed by atoms with Crippen LogP contribution in [0.25, 0.3) is 0 Å². The number of ether oxygens (including phenoxy) is 1. The lowest BCUT2D eigenvalue weighted by molar-refractivity contribution is 0.0694. The van der Waals surface area contributed by atoms with E-state index in [9.17, 15) is 9.18 Å². The van der Waals surface area contributed by atoms with E-state index < -0.39 is 11.8 Å². The van der Waals surface area contributed by atoms with E-state index in [0.717, 1.165) is 0 Å². The molecule has 0 aliphatic rings. The third-order valence-electron chi connectivity index (χ3n) is 1.99. The van der Waals surface area contributed by atoms with Gasteiger partial charge in [0.15, 0.2) is 11.6 Å². The second-order valence-electron chi connectivity index (χ2n) is 3.06. The first kappa shape index (κ1) is 10.2. The number of hydrogen-bond donors (Lipinski definition) is 2. The second kappa shape index (κ2) is 4.06. The summed E-state index contributed by atoms with van der Waals surface area (Å²) in [6.07, 6.45) is 1.42. The number of carboxylic acid groups (broad SMARTS) is 1. The minimum absolute atomic E-state index is 0.0117. The van der Waals surface area contributed by atoms with Gasteiger partial charge in [0, 0.05) is 6.20 Å². The Balaban J connectivity index is 2.31. The number of aromatic nitrogens is 1. The number of benzene rings is 1. The van der Waals surface area contributed by atoms with Crippen LogP contribution in [0.5, 0.6) is 11.6 Å². The molecule has 82 valence electrons. The Bertz CT molecular complexity index is 521. The predicted molar refractivity (Wildman–Crippen MR) is 54.2 cm³/mol. The molecule has 0 amide bonds. The van der Waals surface area contributed by atoms with Crippen LogP contribution in [0.2, 0.25) is 0 Å². The standard InChI is InChI=1S/C11H8FNO3/c12-8-3-1-2-4-9(8)16-10-7(11(14)15)5-6-13-10/h1-6,13H,(H,14,15). The van der Waals surface area contributed by atoms with Gasteiger partial charge in [-0.1, -0.05) is 12.1 Å². The number of carboxylic acids is 1. The average Bonchev–Trinajstić information content (AvgIpc) is 2.69. The zero-order valence-corrected chi connectivity index (χ0v) is 8.11. The summed E-state index contributed by atoms with van der Waals surface area (Å²) in [6, 6.07) is 7.12. The fourth-order valence-electron chi connectivity index (χ4n) is 1.24. The van der Waals surface area contributed by atoms with E-state index in [-0.39, 0.29) is 17.2 Å². The zero-order chi connectivity index (χ0) is 11.5. The number of hydrogen-bond acceptors (Lipinski definition) is 2.